The van der Waals surface area contributed by atoms with Gasteiger partial charge in [-0.1, -0.05) is 40.9 Å². The fourth-order valence-corrected chi connectivity index (χ4v) is 5.74. The topological polar surface area (TPSA) is 95.9 Å². The van der Waals surface area contributed by atoms with Gasteiger partial charge >= 0.3 is 22.2 Å². The van der Waals surface area contributed by atoms with Gasteiger partial charge < -0.3 is 9.74 Å². The molecule has 9 nitrogen and oxygen atoms in total. The van der Waals surface area contributed by atoms with Crippen molar-refractivity contribution in [1.82, 2.24) is 14.9 Å². The van der Waals surface area contributed by atoms with E-state index < -0.39 is 49.2 Å². The van der Waals surface area contributed by atoms with Crippen molar-refractivity contribution >= 4 is 27.5 Å². The molecule has 1 aromatic carbocycles. The number of alkyl halides is 3. The number of likely N-dealkylation sites (tertiary alicyclic amines) is 1. The van der Waals surface area contributed by atoms with Crippen LogP contribution in [-0.4, -0.2) is 61.6 Å². The monoisotopic (exact) mass is 599 g/mol. The Kier molecular flexibility index (Phi) is 8.77. The molecule has 1 aliphatic heterocycles. The molecule has 15 heteroatoms. The third kappa shape index (κ3) is 6.73. The molecular weight excluding hydrogens is 573 g/mol. The highest BCUT2D eigenvalue weighted by molar-refractivity contribution is 7.92. The second-order valence-corrected chi connectivity index (χ2v) is 11.1. The summed E-state index contributed by atoms with van der Waals surface area (Å²) in [5.74, 6) is -6.66. The van der Waals surface area contributed by atoms with Crippen molar-refractivity contribution in [2.45, 2.75) is 43.6 Å². The molecule has 0 radical (unpaired) electrons. The number of hydrogen-bond donors (Lipinski definition) is 0. The maximum Gasteiger partial charge on any atom is 0.493 e. The van der Waals surface area contributed by atoms with Crippen molar-refractivity contribution in [2.75, 3.05) is 29.5 Å². The predicted octanol–water partition coefficient (Wildman–Crippen LogP) is 4.38. The van der Waals surface area contributed by atoms with Gasteiger partial charge in [0.2, 0.25) is 11.0 Å². The van der Waals surface area contributed by atoms with Gasteiger partial charge in [0.25, 0.3) is 0 Å². The summed E-state index contributed by atoms with van der Waals surface area (Å²) in [6.07, 6.45) is -3.08. The van der Waals surface area contributed by atoms with Gasteiger partial charge in [0, 0.05) is 38.3 Å². The number of rotatable bonds is 8. The Morgan fingerprint density at radius 2 is 1.73 bits per heavy atom. The van der Waals surface area contributed by atoms with Gasteiger partial charge in [0.1, 0.15) is 0 Å². The molecule has 4 rings (SSSR count). The minimum absolute atomic E-state index is 0.0230. The molecule has 0 unspecified atom stereocenters. The zero-order valence-electron chi connectivity index (χ0n) is 22.0. The van der Waals surface area contributed by atoms with Crippen LogP contribution < -0.4 is 9.37 Å². The number of piperidine rings is 1. The molecule has 41 heavy (non-hydrogen) atoms. The Morgan fingerprint density at radius 3 is 2.34 bits per heavy atom. The summed E-state index contributed by atoms with van der Waals surface area (Å²) in [5, 5.41) is -1.33. The first-order chi connectivity index (χ1) is 19.3. The summed E-state index contributed by atoms with van der Waals surface area (Å²) in [6, 6.07) is 12.4. The lowest BCUT2D eigenvalue weighted by molar-refractivity contribution is -0.199. The number of halogens is 5. The fourth-order valence-electron chi connectivity index (χ4n) is 4.51. The first-order valence-corrected chi connectivity index (χ1v) is 13.8. The van der Waals surface area contributed by atoms with Crippen LogP contribution in [0.4, 0.5) is 33.5 Å². The van der Waals surface area contributed by atoms with Crippen LogP contribution in [0.2, 0.25) is 0 Å². The van der Waals surface area contributed by atoms with E-state index in [-0.39, 0.29) is 17.3 Å². The summed E-state index contributed by atoms with van der Waals surface area (Å²) in [4.78, 5) is 26.4. The molecule has 3 heterocycles. The maximum absolute atomic E-state index is 15.6. The highest BCUT2D eigenvalue weighted by Gasteiger charge is 2.46. The van der Waals surface area contributed by atoms with Gasteiger partial charge in [-0.25, -0.2) is 14.2 Å². The summed E-state index contributed by atoms with van der Waals surface area (Å²) in [7, 11) is -3.72. The van der Waals surface area contributed by atoms with E-state index in [1.807, 2.05) is 30.3 Å². The van der Waals surface area contributed by atoms with E-state index in [9.17, 15) is 30.8 Å². The number of carbonyl (C=O) groups is 1. The van der Waals surface area contributed by atoms with Crippen LogP contribution in [0.1, 0.15) is 24.0 Å². The van der Waals surface area contributed by atoms with Crippen molar-refractivity contribution in [2.24, 2.45) is 0 Å². The van der Waals surface area contributed by atoms with E-state index in [2.05, 4.69) is 19.7 Å². The van der Waals surface area contributed by atoms with Crippen molar-refractivity contribution in [1.29, 1.82) is 0 Å². The molecule has 0 atom stereocenters. The van der Waals surface area contributed by atoms with Crippen LogP contribution in [-0.2, 0) is 26.2 Å². The Hall–Kier alpha value is -3.85. The van der Waals surface area contributed by atoms with Gasteiger partial charge in [-0.05, 0) is 37.5 Å². The second-order valence-electron chi connectivity index (χ2n) is 9.42. The van der Waals surface area contributed by atoms with Gasteiger partial charge in [-0.2, -0.15) is 31.0 Å². The van der Waals surface area contributed by atoms with Crippen LogP contribution in [0, 0.1) is 18.7 Å². The smallest absolute Gasteiger partial charge is 0.370 e. The second kappa shape index (κ2) is 11.9. The summed E-state index contributed by atoms with van der Waals surface area (Å²) >= 11 is 0. The number of carbonyl (C=O) groups excluding carboxylic acids is 1. The predicted molar refractivity (Wildman–Crippen MR) is 138 cm³/mol. The van der Waals surface area contributed by atoms with Gasteiger partial charge in [0.15, 0.2) is 11.6 Å². The van der Waals surface area contributed by atoms with Gasteiger partial charge in [-0.3, -0.25) is 4.90 Å². The number of nitrogens with zero attached hydrogens (tertiary/aromatic N) is 5. The van der Waals surface area contributed by atoms with Crippen LogP contribution in [0.25, 0.3) is 0 Å². The minimum Gasteiger partial charge on any atom is -0.370 e. The highest BCUT2D eigenvalue weighted by atomic mass is 32.2. The first-order valence-electron chi connectivity index (χ1n) is 12.4. The molecule has 0 saturated carbocycles. The number of hydrogen-bond acceptors (Lipinski definition) is 8. The Labute approximate surface area is 233 Å². The molecular formula is C26H26F5N5O4S. The molecule has 3 aromatic rings. The average molecular weight is 600 g/mol. The molecule has 1 fully saturated rings. The van der Waals surface area contributed by atoms with Crippen molar-refractivity contribution in [3.63, 3.8) is 0 Å². The molecule has 2 aromatic heterocycles. The third-order valence-electron chi connectivity index (χ3n) is 6.69. The van der Waals surface area contributed by atoms with E-state index >= 15 is 4.39 Å². The van der Waals surface area contributed by atoms with Crippen LogP contribution in [0.15, 0.2) is 59.8 Å². The Morgan fingerprint density at radius 1 is 1.07 bits per heavy atom. The summed E-state index contributed by atoms with van der Waals surface area (Å²) < 4.78 is 93.8. The Bertz CT molecular complexity index is 1500. The number of anilines is 2. The third-order valence-corrected chi connectivity index (χ3v) is 8.16. The largest absolute Gasteiger partial charge is 0.493 e. The molecule has 0 spiro atoms. The van der Waals surface area contributed by atoms with E-state index in [1.165, 1.54) is 12.5 Å². The molecule has 0 N–H and O–H groups in total. The zero-order chi connectivity index (χ0) is 29.9. The zero-order valence-corrected chi connectivity index (χ0v) is 22.8. The average Bonchev–Trinajstić information content (AvgIpc) is 2.93. The molecule has 220 valence electrons. The van der Waals surface area contributed by atoms with Gasteiger partial charge in [-0.15, -0.1) is 0 Å². The first kappa shape index (κ1) is 30.1. The van der Waals surface area contributed by atoms with Crippen molar-refractivity contribution in [3.8, 4) is 0 Å². The lowest BCUT2D eigenvalue weighted by atomic mass is 10.0. The summed E-state index contributed by atoms with van der Waals surface area (Å²) in [5.41, 5.74) is 1.30. The lowest BCUT2D eigenvalue weighted by Gasteiger charge is -2.38. The number of sulfonamides is 1. The van der Waals surface area contributed by atoms with E-state index in [1.54, 1.807) is 11.9 Å². The normalized spacial score (nSPS) is 15.0. The quantitative estimate of drug-likeness (QED) is 0.214. The SMILES string of the molecule is Cc1c(N(C)C2CCN(Cc3ccccc3)CC2)cnc(S(=O)(=O)N(OC(=O)C(F)(F)F)c2cccc(F)n2)c1F. The highest BCUT2D eigenvalue weighted by Crippen LogP contribution is 2.32. The Balaban J connectivity index is 1.57. The standard InChI is InChI=1S/C26H26F5N5O4S/c1-17-20(34(2)19-11-13-35(14-12-19)16-18-7-4-3-5-8-18)15-32-24(23(17)28)41(38,39)36(40-25(37)26(29,30)31)22-10-6-9-21(27)33-22/h3-10,15,19H,11-14,16H2,1-2H3. The van der Waals surface area contributed by atoms with Crippen LogP contribution in [0.3, 0.4) is 0 Å². The lowest BCUT2D eigenvalue weighted by Crippen LogP contribution is -2.43. The molecule has 1 aliphatic rings. The minimum atomic E-state index is -5.62. The number of benzene rings is 1. The molecule has 1 saturated heterocycles. The molecule has 0 aliphatic carbocycles. The summed E-state index contributed by atoms with van der Waals surface area (Å²) in [6.45, 7) is 3.62. The number of aromatic nitrogens is 2. The van der Waals surface area contributed by atoms with Crippen LogP contribution >= 0.6 is 0 Å². The number of pyridine rings is 2. The fraction of sp³-hybridized carbons (Fsp3) is 0.346. The molecule has 0 amide bonds. The van der Waals surface area contributed by atoms with Crippen molar-refractivity contribution in [3.05, 3.63) is 77.6 Å². The van der Waals surface area contributed by atoms with E-state index in [4.69, 9.17) is 0 Å². The maximum atomic E-state index is 15.6. The van der Waals surface area contributed by atoms with E-state index in [0.29, 0.717) is 0 Å². The van der Waals surface area contributed by atoms with Crippen LogP contribution in [0.5, 0.6) is 0 Å². The van der Waals surface area contributed by atoms with Crippen molar-refractivity contribution < 1.29 is 40.0 Å². The van der Waals surface area contributed by atoms with E-state index in [0.717, 1.165) is 56.9 Å². The van der Waals surface area contributed by atoms with Gasteiger partial charge in [0.05, 0.1) is 11.9 Å². The molecule has 0 bridgehead atoms.